The lowest BCUT2D eigenvalue weighted by Crippen LogP contribution is -1.94. The van der Waals surface area contributed by atoms with Crippen molar-refractivity contribution < 1.29 is 20.1 Å². The maximum Gasteiger partial charge on any atom is 0.335 e. The van der Waals surface area contributed by atoms with Gasteiger partial charge in [-0.15, -0.1) is 0 Å². The molecule has 72 valence electrons. The predicted octanol–water partition coefficient (Wildman–Crippen LogP) is 1.82. The van der Waals surface area contributed by atoms with Gasteiger partial charge in [-0.3, -0.25) is 0 Å². The third kappa shape index (κ3) is 3.02. The quantitative estimate of drug-likeness (QED) is 0.582. The van der Waals surface area contributed by atoms with Gasteiger partial charge < -0.3 is 15.3 Å². The van der Waals surface area contributed by atoms with Crippen LogP contribution in [0, 0.1) is 0 Å². The molecule has 1 aromatic rings. The Morgan fingerprint density at radius 1 is 1.15 bits per heavy atom. The van der Waals surface area contributed by atoms with E-state index in [1.807, 2.05) is 13.8 Å². The van der Waals surface area contributed by atoms with Gasteiger partial charge in [0.25, 0.3) is 0 Å². The third-order valence-electron chi connectivity index (χ3n) is 1.22. The number of hydrogen-bond acceptors (Lipinski definition) is 3. The van der Waals surface area contributed by atoms with E-state index in [2.05, 4.69) is 0 Å². The fourth-order valence-corrected chi connectivity index (χ4v) is 0.656. The Morgan fingerprint density at radius 2 is 1.69 bits per heavy atom. The molecule has 0 aliphatic rings. The van der Waals surface area contributed by atoms with Crippen LogP contribution in [0.25, 0.3) is 0 Å². The summed E-state index contributed by atoms with van der Waals surface area (Å²) in [6.07, 6.45) is 0. The minimum absolute atomic E-state index is 0.0553. The maximum absolute atomic E-state index is 10.3. The summed E-state index contributed by atoms with van der Waals surface area (Å²) in [4.78, 5) is 10.3. The van der Waals surface area contributed by atoms with Gasteiger partial charge in [0, 0.05) is 0 Å². The highest BCUT2D eigenvalue weighted by Crippen LogP contribution is 2.24. The molecule has 0 bridgehead atoms. The Balaban J connectivity index is 0.000000671. The molecular formula is C9H12O4. The first kappa shape index (κ1) is 11.3. The number of phenols is 2. The van der Waals surface area contributed by atoms with Crippen LogP contribution in [0.1, 0.15) is 24.2 Å². The van der Waals surface area contributed by atoms with Crippen molar-refractivity contribution in [3.8, 4) is 11.5 Å². The van der Waals surface area contributed by atoms with E-state index in [1.54, 1.807) is 0 Å². The van der Waals surface area contributed by atoms with Crippen LogP contribution in [0.15, 0.2) is 18.2 Å². The second-order valence-electron chi connectivity index (χ2n) is 2.01. The highest BCUT2D eigenvalue weighted by Gasteiger charge is 2.05. The number of benzene rings is 1. The van der Waals surface area contributed by atoms with Gasteiger partial charge in [0.15, 0.2) is 11.5 Å². The number of carboxylic acids is 1. The van der Waals surface area contributed by atoms with Crippen molar-refractivity contribution >= 4 is 5.97 Å². The van der Waals surface area contributed by atoms with Crippen LogP contribution < -0.4 is 0 Å². The number of rotatable bonds is 1. The summed E-state index contributed by atoms with van der Waals surface area (Å²) in [6, 6.07) is 3.31. The average molecular weight is 184 g/mol. The fourth-order valence-electron chi connectivity index (χ4n) is 0.656. The van der Waals surface area contributed by atoms with E-state index in [-0.39, 0.29) is 11.3 Å². The first-order valence-corrected chi connectivity index (χ1v) is 3.86. The number of phenolic OH excluding ortho intramolecular Hbond substituents is 2. The van der Waals surface area contributed by atoms with Crippen LogP contribution in [0.2, 0.25) is 0 Å². The lowest BCUT2D eigenvalue weighted by Gasteiger charge is -1.97. The van der Waals surface area contributed by atoms with Gasteiger partial charge in [-0.05, 0) is 18.2 Å². The van der Waals surface area contributed by atoms with Crippen LogP contribution in [-0.4, -0.2) is 21.3 Å². The molecule has 1 rings (SSSR count). The summed E-state index contributed by atoms with van der Waals surface area (Å²) in [6.45, 7) is 4.00. The molecule has 1 aromatic carbocycles. The molecule has 0 unspecified atom stereocenters. The van der Waals surface area contributed by atoms with Gasteiger partial charge in [0.2, 0.25) is 0 Å². The van der Waals surface area contributed by atoms with Crippen LogP contribution in [-0.2, 0) is 0 Å². The molecule has 4 nitrogen and oxygen atoms in total. The van der Waals surface area contributed by atoms with Crippen molar-refractivity contribution in [2.75, 3.05) is 0 Å². The van der Waals surface area contributed by atoms with Crippen molar-refractivity contribution in [1.82, 2.24) is 0 Å². The number of hydrogen-bond donors (Lipinski definition) is 3. The van der Waals surface area contributed by atoms with Gasteiger partial charge >= 0.3 is 5.97 Å². The summed E-state index contributed by atoms with van der Waals surface area (Å²) >= 11 is 0. The van der Waals surface area contributed by atoms with Gasteiger partial charge in [-0.2, -0.15) is 0 Å². The lowest BCUT2D eigenvalue weighted by molar-refractivity contribution is 0.0696. The normalized spacial score (nSPS) is 8.46. The smallest absolute Gasteiger partial charge is 0.335 e. The molecule has 0 aromatic heterocycles. The SMILES string of the molecule is CC.O=C(O)c1ccc(O)c(O)c1. The van der Waals surface area contributed by atoms with E-state index in [0.717, 1.165) is 12.1 Å². The molecule has 0 fully saturated rings. The van der Waals surface area contributed by atoms with Crippen molar-refractivity contribution in [2.24, 2.45) is 0 Å². The highest BCUT2D eigenvalue weighted by atomic mass is 16.4. The van der Waals surface area contributed by atoms with E-state index in [0.29, 0.717) is 0 Å². The van der Waals surface area contributed by atoms with E-state index in [4.69, 9.17) is 15.3 Å². The van der Waals surface area contributed by atoms with E-state index in [1.165, 1.54) is 6.07 Å². The average Bonchev–Trinajstić information content (AvgIpc) is 2.13. The molecule has 0 saturated carbocycles. The van der Waals surface area contributed by atoms with Crippen LogP contribution in [0.4, 0.5) is 0 Å². The molecule has 0 aliphatic carbocycles. The second-order valence-corrected chi connectivity index (χ2v) is 2.01. The number of aromatic hydroxyl groups is 2. The topological polar surface area (TPSA) is 77.8 Å². The number of carbonyl (C=O) groups is 1. The largest absolute Gasteiger partial charge is 0.504 e. The summed E-state index contributed by atoms with van der Waals surface area (Å²) in [5.41, 5.74) is -0.0553. The molecule has 3 N–H and O–H groups in total. The molecule has 0 spiro atoms. The minimum atomic E-state index is -1.14. The second kappa shape index (κ2) is 5.03. The molecule has 13 heavy (non-hydrogen) atoms. The minimum Gasteiger partial charge on any atom is -0.504 e. The molecule has 0 saturated heterocycles. The first-order valence-electron chi connectivity index (χ1n) is 3.86. The van der Waals surface area contributed by atoms with Crippen LogP contribution >= 0.6 is 0 Å². The van der Waals surface area contributed by atoms with Crippen molar-refractivity contribution in [3.05, 3.63) is 23.8 Å². The van der Waals surface area contributed by atoms with Crippen molar-refractivity contribution in [2.45, 2.75) is 13.8 Å². The van der Waals surface area contributed by atoms with Crippen LogP contribution in [0.3, 0.4) is 0 Å². The summed E-state index contributed by atoms with van der Waals surface area (Å²) in [7, 11) is 0. The maximum atomic E-state index is 10.3. The zero-order valence-corrected chi connectivity index (χ0v) is 7.48. The molecule has 0 aliphatic heterocycles. The Morgan fingerprint density at radius 3 is 2.08 bits per heavy atom. The Kier molecular flexibility index (Phi) is 4.37. The van der Waals surface area contributed by atoms with E-state index >= 15 is 0 Å². The zero-order chi connectivity index (χ0) is 10.4. The van der Waals surface area contributed by atoms with Gasteiger partial charge in [0.05, 0.1) is 5.56 Å². The summed E-state index contributed by atoms with van der Waals surface area (Å²) in [5.74, 6) is -1.89. The number of aromatic carboxylic acids is 1. The molecule has 0 amide bonds. The van der Waals surface area contributed by atoms with Crippen molar-refractivity contribution in [1.29, 1.82) is 0 Å². The Labute approximate surface area is 76.1 Å². The van der Waals surface area contributed by atoms with Crippen molar-refractivity contribution in [3.63, 3.8) is 0 Å². The fraction of sp³-hybridized carbons (Fsp3) is 0.222. The van der Waals surface area contributed by atoms with Gasteiger partial charge in [-0.1, -0.05) is 13.8 Å². The van der Waals surface area contributed by atoms with Gasteiger partial charge in [0.1, 0.15) is 0 Å². The highest BCUT2D eigenvalue weighted by molar-refractivity contribution is 5.88. The van der Waals surface area contributed by atoms with E-state index < -0.39 is 11.7 Å². The van der Waals surface area contributed by atoms with Crippen LogP contribution in [0.5, 0.6) is 11.5 Å². The van der Waals surface area contributed by atoms with E-state index in [9.17, 15) is 4.79 Å². The molecule has 4 heteroatoms. The summed E-state index contributed by atoms with van der Waals surface area (Å²) < 4.78 is 0. The monoisotopic (exact) mass is 184 g/mol. The Bertz CT molecular complexity index is 294. The third-order valence-corrected chi connectivity index (χ3v) is 1.22. The molecule has 0 heterocycles. The molecule has 0 radical (unpaired) electrons. The number of carboxylic acid groups (broad SMARTS) is 1. The summed E-state index contributed by atoms with van der Waals surface area (Å²) in [5, 5.41) is 26.0. The zero-order valence-electron chi connectivity index (χ0n) is 7.48. The first-order chi connectivity index (χ1) is 6.11. The molecule has 0 atom stereocenters. The van der Waals surface area contributed by atoms with Gasteiger partial charge in [-0.25, -0.2) is 4.79 Å². The Hall–Kier alpha value is -1.71. The standard InChI is InChI=1S/C7H6O4.C2H6/c8-5-2-1-4(7(10)11)3-6(5)9;1-2/h1-3,8-9H,(H,10,11);1-2H3. The lowest BCUT2D eigenvalue weighted by atomic mass is 10.2. The predicted molar refractivity (Wildman–Crippen MR) is 48.1 cm³/mol. The molecular weight excluding hydrogens is 172 g/mol.